The Morgan fingerprint density at radius 3 is 1.86 bits per heavy atom. The molecule has 64 heavy (non-hydrogen) atoms. The minimum absolute atomic E-state index is 0.122. The van der Waals surface area contributed by atoms with E-state index in [1.165, 1.54) is 71.6 Å². The van der Waals surface area contributed by atoms with E-state index >= 15 is 0 Å². The largest absolute Gasteiger partial charge is 0.455 e. The molecule has 0 atom stereocenters. The fourth-order valence-corrected chi connectivity index (χ4v) is 10.6. The third-order valence-electron chi connectivity index (χ3n) is 13.8. The Hall–Kier alpha value is -8.14. The molecule has 2 heterocycles. The quantitative estimate of drug-likeness (QED) is 0.167. The summed E-state index contributed by atoms with van der Waals surface area (Å²) in [5.74, 6) is 0. The van der Waals surface area contributed by atoms with E-state index in [0.717, 1.165) is 50.1 Å². The van der Waals surface area contributed by atoms with Crippen LogP contribution in [0, 0.1) is 0 Å². The summed E-state index contributed by atoms with van der Waals surface area (Å²) in [6.45, 7) is 4.70. The highest BCUT2D eigenvalue weighted by atomic mass is 16.3. The molecule has 10 aromatic carbocycles. The van der Waals surface area contributed by atoms with Crippen LogP contribution in [0.15, 0.2) is 223 Å². The smallest absolute Gasteiger partial charge is 0.143 e. The summed E-state index contributed by atoms with van der Waals surface area (Å²) in [5.41, 5.74) is 18.5. The van der Waals surface area contributed by atoms with Crippen LogP contribution in [0.3, 0.4) is 0 Å². The number of fused-ring (bicyclic) bond motifs is 10. The van der Waals surface area contributed by atoms with Crippen LogP contribution >= 0.6 is 0 Å². The average Bonchev–Trinajstić information content (AvgIpc) is 3.97. The Bertz CT molecular complexity index is 3810. The second-order valence-electron chi connectivity index (χ2n) is 17.7. The fraction of sp³-hybridized carbons (Fsp3) is 0.0492. The van der Waals surface area contributed by atoms with Crippen molar-refractivity contribution in [3.63, 3.8) is 0 Å². The van der Waals surface area contributed by atoms with E-state index in [0.29, 0.717) is 0 Å². The van der Waals surface area contributed by atoms with E-state index in [1.54, 1.807) is 0 Å². The third-order valence-corrected chi connectivity index (χ3v) is 13.8. The molecule has 0 N–H and O–H groups in total. The van der Waals surface area contributed by atoms with E-state index in [9.17, 15) is 0 Å². The van der Waals surface area contributed by atoms with Gasteiger partial charge in [0.05, 0.1) is 11.0 Å². The molecule has 3 heteroatoms. The van der Waals surface area contributed by atoms with Crippen molar-refractivity contribution in [1.82, 2.24) is 4.57 Å². The number of nitrogens with zero attached hydrogens (tertiary/aromatic N) is 2. The van der Waals surface area contributed by atoms with Crippen molar-refractivity contribution in [3.8, 4) is 39.1 Å². The first-order chi connectivity index (χ1) is 31.5. The van der Waals surface area contributed by atoms with Crippen molar-refractivity contribution in [2.75, 3.05) is 4.90 Å². The number of aromatic nitrogens is 1. The molecule has 2 aromatic heterocycles. The fourth-order valence-electron chi connectivity index (χ4n) is 10.6. The molecule has 302 valence electrons. The molecular weight excluding hydrogens is 777 g/mol. The lowest BCUT2D eigenvalue weighted by Crippen LogP contribution is -2.16. The first-order valence-electron chi connectivity index (χ1n) is 22.2. The molecule has 0 unspecified atom stereocenters. The molecule has 0 aliphatic heterocycles. The molecule has 0 saturated carbocycles. The van der Waals surface area contributed by atoms with Gasteiger partial charge in [0, 0.05) is 55.3 Å². The number of hydrogen-bond donors (Lipinski definition) is 0. The van der Waals surface area contributed by atoms with Gasteiger partial charge in [-0.1, -0.05) is 159 Å². The number of benzene rings is 10. The summed E-state index contributed by atoms with van der Waals surface area (Å²) < 4.78 is 8.86. The third kappa shape index (κ3) is 5.54. The van der Waals surface area contributed by atoms with Gasteiger partial charge in [0.25, 0.3) is 0 Å². The first kappa shape index (κ1) is 36.5. The number of rotatable bonds is 6. The van der Waals surface area contributed by atoms with Gasteiger partial charge in [0.15, 0.2) is 0 Å². The number of furan rings is 1. The van der Waals surface area contributed by atoms with Crippen molar-refractivity contribution >= 4 is 71.6 Å². The van der Waals surface area contributed by atoms with E-state index in [-0.39, 0.29) is 5.41 Å². The van der Waals surface area contributed by atoms with E-state index in [4.69, 9.17) is 4.42 Å². The zero-order valence-electron chi connectivity index (χ0n) is 35.6. The Morgan fingerprint density at radius 2 is 1.02 bits per heavy atom. The number of hydrogen-bond acceptors (Lipinski definition) is 2. The second kappa shape index (κ2) is 13.9. The van der Waals surface area contributed by atoms with E-state index in [2.05, 4.69) is 230 Å². The summed E-state index contributed by atoms with van der Waals surface area (Å²) in [6.07, 6.45) is 0. The van der Waals surface area contributed by atoms with Crippen molar-refractivity contribution < 1.29 is 4.42 Å². The summed E-state index contributed by atoms with van der Waals surface area (Å²) in [6, 6.07) is 79.7. The highest BCUT2D eigenvalue weighted by molar-refractivity contribution is 6.11. The van der Waals surface area contributed by atoms with Crippen molar-refractivity contribution in [3.05, 3.63) is 230 Å². The Morgan fingerprint density at radius 1 is 0.391 bits per heavy atom. The van der Waals surface area contributed by atoms with Crippen LogP contribution in [-0.4, -0.2) is 4.57 Å². The number of para-hydroxylation sites is 3. The van der Waals surface area contributed by atoms with Crippen LogP contribution in [0.2, 0.25) is 0 Å². The predicted molar refractivity (Wildman–Crippen MR) is 269 cm³/mol. The van der Waals surface area contributed by atoms with Crippen LogP contribution < -0.4 is 4.90 Å². The van der Waals surface area contributed by atoms with Gasteiger partial charge < -0.3 is 13.9 Å². The number of anilines is 3. The van der Waals surface area contributed by atoms with Crippen molar-refractivity contribution in [1.29, 1.82) is 0 Å². The molecule has 0 fully saturated rings. The lowest BCUT2D eigenvalue weighted by molar-refractivity contribution is 0.660. The monoisotopic (exact) mass is 818 g/mol. The summed E-state index contributed by atoms with van der Waals surface area (Å²) in [4.78, 5) is 2.40. The molecule has 0 bridgehead atoms. The van der Waals surface area contributed by atoms with Gasteiger partial charge in [0.1, 0.15) is 11.2 Å². The minimum atomic E-state index is -0.122. The maximum absolute atomic E-state index is 6.46. The van der Waals surface area contributed by atoms with Gasteiger partial charge in [-0.15, -0.1) is 0 Å². The Balaban J connectivity index is 0.911. The highest BCUT2D eigenvalue weighted by Crippen LogP contribution is 2.51. The molecule has 1 aliphatic rings. The predicted octanol–water partition coefficient (Wildman–Crippen LogP) is 16.9. The molecule has 13 rings (SSSR count). The summed E-state index contributed by atoms with van der Waals surface area (Å²) >= 11 is 0. The summed E-state index contributed by atoms with van der Waals surface area (Å²) in [5, 5.41) is 7.25. The van der Waals surface area contributed by atoms with E-state index in [1.807, 2.05) is 12.1 Å². The lowest BCUT2D eigenvalue weighted by atomic mass is 9.82. The minimum Gasteiger partial charge on any atom is -0.455 e. The first-order valence-corrected chi connectivity index (χ1v) is 22.2. The molecule has 0 saturated heterocycles. The van der Waals surface area contributed by atoms with Crippen LogP contribution in [-0.2, 0) is 5.41 Å². The molecular formula is C61H42N2O. The van der Waals surface area contributed by atoms with Gasteiger partial charge in [-0.2, -0.15) is 0 Å². The Labute approximate surface area is 371 Å². The van der Waals surface area contributed by atoms with Gasteiger partial charge in [-0.3, -0.25) is 0 Å². The standard InChI is InChI=1S/C61H42N2O/c1-61(2)55-19-8-5-14-49(55)50-34-33-47(38-56(50)61)62(45-30-25-41(26-31-45)48-17-11-18-53-52-16-7-10-21-59(52)64-60(48)53)44-28-22-40(23-29-44)43-27-35-58-54(37-43)51-15-6-9-20-57(51)63(58)46-32-24-39-12-3-4-13-42(39)36-46/h3-38H,1-2H3. The maximum Gasteiger partial charge on any atom is 0.143 e. The van der Waals surface area contributed by atoms with E-state index < -0.39 is 0 Å². The van der Waals surface area contributed by atoms with Crippen molar-refractivity contribution in [2.45, 2.75) is 19.3 Å². The summed E-state index contributed by atoms with van der Waals surface area (Å²) in [7, 11) is 0. The second-order valence-corrected chi connectivity index (χ2v) is 17.7. The highest BCUT2D eigenvalue weighted by Gasteiger charge is 2.35. The van der Waals surface area contributed by atoms with Crippen LogP contribution in [0.1, 0.15) is 25.0 Å². The molecule has 0 spiro atoms. The van der Waals surface area contributed by atoms with Gasteiger partial charge >= 0.3 is 0 Å². The topological polar surface area (TPSA) is 21.3 Å². The molecule has 3 nitrogen and oxygen atoms in total. The van der Waals surface area contributed by atoms with Crippen LogP contribution in [0.4, 0.5) is 17.1 Å². The van der Waals surface area contributed by atoms with Crippen LogP contribution in [0.25, 0.3) is 93.6 Å². The van der Waals surface area contributed by atoms with Gasteiger partial charge in [-0.25, -0.2) is 0 Å². The SMILES string of the molecule is CC1(C)c2ccccc2-c2ccc(N(c3ccc(-c4ccc5c(c4)c4ccccc4n5-c4ccc5ccccc5c4)cc3)c3ccc(-c4cccc5c4oc4ccccc45)cc3)cc21. The molecule has 0 radical (unpaired) electrons. The average molecular weight is 819 g/mol. The maximum atomic E-state index is 6.46. The van der Waals surface area contributed by atoms with Crippen molar-refractivity contribution in [2.24, 2.45) is 0 Å². The molecule has 0 amide bonds. The van der Waals surface area contributed by atoms with Gasteiger partial charge in [-0.05, 0) is 123 Å². The van der Waals surface area contributed by atoms with Gasteiger partial charge in [0.2, 0.25) is 0 Å². The lowest BCUT2D eigenvalue weighted by Gasteiger charge is -2.28. The Kier molecular flexibility index (Phi) is 7.95. The molecule has 12 aromatic rings. The zero-order valence-corrected chi connectivity index (χ0v) is 35.6. The molecule has 1 aliphatic carbocycles. The van der Waals surface area contributed by atoms with Crippen LogP contribution in [0.5, 0.6) is 0 Å². The zero-order chi connectivity index (χ0) is 42.5. The normalized spacial score (nSPS) is 13.0.